The van der Waals surface area contributed by atoms with Gasteiger partial charge in [-0.2, -0.15) is 0 Å². The highest BCUT2D eigenvalue weighted by Crippen LogP contribution is 2.37. The van der Waals surface area contributed by atoms with Crippen molar-refractivity contribution < 1.29 is 14.4 Å². The Bertz CT molecular complexity index is 950. The van der Waals surface area contributed by atoms with Crippen LogP contribution < -0.4 is 10.2 Å². The maximum Gasteiger partial charge on any atom is 0.325 e. The molecule has 0 aromatic heterocycles. The van der Waals surface area contributed by atoms with E-state index in [1.54, 1.807) is 16.7 Å². The Balaban J connectivity index is 1.43. The molecule has 2 atom stereocenters. The number of nitrogens with zero attached hydrogens (tertiary/aromatic N) is 2. The Labute approximate surface area is 180 Å². The van der Waals surface area contributed by atoms with Gasteiger partial charge in [0.2, 0.25) is 5.91 Å². The molecule has 30 heavy (non-hydrogen) atoms. The van der Waals surface area contributed by atoms with E-state index in [0.717, 1.165) is 27.5 Å². The van der Waals surface area contributed by atoms with E-state index in [2.05, 4.69) is 12.2 Å². The van der Waals surface area contributed by atoms with Crippen molar-refractivity contribution in [3.05, 3.63) is 60.2 Å². The van der Waals surface area contributed by atoms with Crippen LogP contribution >= 0.6 is 11.8 Å². The van der Waals surface area contributed by atoms with E-state index in [-0.39, 0.29) is 18.4 Å². The van der Waals surface area contributed by atoms with E-state index in [1.165, 1.54) is 0 Å². The van der Waals surface area contributed by atoms with Crippen molar-refractivity contribution in [1.29, 1.82) is 0 Å². The predicted octanol–water partition coefficient (Wildman–Crippen LogP) is 3.46. The number of benzene rings is 2. The molecule has 2 aliphatic heterocycles. The van der Waals surface area contributed by atoms with Gasteiger partial charge in [0.1, 0.15) is 12.6 Å². The monoisotopic (exact) mass is 423 g/mol. The van der Waals surface area contributed by atoms with Crippen LogP contribution in [0.25, 0.3) is 0 Å². The van der Waals surface area contributed by atoms with E-state index < -0.39 is 12.1 Å². The lowest BCUT2D eigenvalue weighted by molar-refractivity contribution is -0.131. The molecule has 4 rings (SSSR count). The molecule has 0 spiro atoms. The summed E-state index contributed by atoms with van der Waals surface area (Å²) in [5.74, 6) is -0.556. The number of anilines is 1. The van der Waals surface area contributed by atoms with Gasteiger partial charge in [0, 0.05) is 16.7 Å². The molecule has 0 unspecified atom stereocenters. The van der Waals surface area contributed by atoms with Crippen molar-refractivity contribution in [2.24, 2.45) is 0 Å². The minimum absolute atomic E-state index is 0.232. The number of aryl methyl sites for hydroxylation is 1. The average molecular weight is 424 g/mol. The number of fused-ring (bicyclic) bond motifs is 1. The van der Waals surface area contributed by atoms with Crippen LogP contribution in [-0.2, 0) is 16.0 Å². The van der Waals surface area contributed by atoms with E-state index >= 15 is 0 Å². The van der Waals surface area contributed by atoms with Gasteiger partial charge < -0.3 is 10.2 Å². The Morgan fingerprint density at radius 3 is 2.63 bits per heavy atom. The normalized spacial score (nSPS) is 21.2. The summed E-state index contributed by atoms with van der Waals surface area (Å²) in [6.45, 7) is 2.48. The molecule has 2 aromatic rings. The van der Waals surface area contributed by atoms with Crippen LogP contribution in [0.4, 0.5) is 10.5 Å². The van der Waals surface area contributed by atoms with Crippen LogP contribution in [-0.4, -0.2) is 47.1 Å². The molecule has 1 fully saturated rings. The third-order valence-corrected chi connectivity index (χ3v) is 6.75. The van der Waals surface area contributed by atoms with Crippen LogP contribution in [0.15, 0.2) is 59.5 Å². The second kappa shape index (κ2) is 8.92. The number of rotatable bonds is 5. The summed E-state index contributed by atoms with van der Waals surface area (Å²) < 4.78 is 0. The number of hydrogen-bond acceptors (Lipinski definition) is 4. The quantitative estimate of drug-likeness (QED) is 0.748. The lowest BCUT2D eigenvalue weighted by Crippen LogP contribution is -2.44. The SMILES string of the molecule is C[C@@H]1CCN(C(=O)CN2C(=O)N[C@H](CCc3ccccc3)C2=O)c2ccccc2S1. The molecule has 7 heteroatoms. The smallest absolute Gasteiger partial charge is 0.325 e. The molecule has 0 saturated carbocycles. The molecule has 1 N–H and O–H groups in total. The van der Waals surface area contributed by atoms with Crippen LogP contribution in [0.3, 0.4) is 0 Å². The fourth-order valence-electron chi connectivity index (χ4n) is 3.84. The van der Waals surface area contributed by atoms with Crippen LogP contribution in [0, 0.1) is 0 Å². The molecule has 6 nitrogen and oxygen atoms in total. The van der Waals surface area contributed by atoms with Gasteiger partial charge in [-0.1, -0.05) is 49.4 Å². The molecular formula is C23H25N3O3S. The number of para-hydroxylation sites is 1. The fraction of sp³-hybridized carbons (Fsp3) is 0.348. The lowest BCUT2D eigenvalue weighted by Gasteiger charge is -2.24. The number of nitrogens with one attached hydrogen (secondary N) is 1. The van der Waals surface area contributed by atoms with Gasteiger partial charge in [0.05, 0.1) is 5.69 Å². The fourth-order valence-corrected chi connectivity index (χ4v) is 4.96. The molecule has 2 aliphatic rings. The van der Waals surface area contributed by atoms with Gasteiger partial charge in [0.25, 0.3) is 5.91 Å². The largest absolute Gasteiger partial charge is 0.326 e. The summed E-state index contributed by atoms with van der Waals surface area (Å²) in [5, 5.41) is 3.13. The number of hydrogen-bond donors (Lipinski definition) is 1. The maximum absolute atomic E-state index is 13.1. The Hall–Kier alpha value is -2.80. The second-order valence-corrected chi connectivity index (χ2v) is 9.16. The van der Waals surface area contributed by atoms with Gasteiger partial charge in [-0.05, 0) is 37.0 Å². The topological polar surface area (TPSA) is 69.7 Å². The number of thioether (sulfide) groups is 1. The first-order chi connectivity index (χ1) is 14.5. The zero-order valence-corrected chi connectivity index (χ0v) is 17.7. The first-order valence-electron chi connectivity index (χ1n) is 10.2. The Morgan fingerprint density at radius 2 is 1.83 bits per heavy atom. The van der Waals surface area contributed by atoms with Crippen molar-refractivity contribution in [2.75, 3.05) is 18.0 Å². The second-order valence-electron chi connectivity index (χ2n) is 7.68. The summed E-state index contributed by atoms with van der Waals surface area (Å²) in [4.78, 5) is 42.1. The number of carbonyl (C=O) groups is 3. The van der Waals surface area contributed by atoms with Crippen LogP contribution in [0.1, 0.15) is 25.3 Å². The molecule has 2 heterocycles. The lowest BCUT2D eigenvalue weighted by atomic mass is 10.1. The standard InChI is InChI=1S/C23H25N3O3S/c1-16-13-14-25(19-9-5-6-10-20(19)30-16)21(27)15-26-22(28)18(24-23(26)29)12-11-17-7-3-2-4-8-17/h2-10,16,18H,11-15H2,1H3,(H,24,29)/t16-,18-/m1/s1. The van der Waals surface area contributed by atoms with Gasteiger partial charge in [-0.15, -0.1) is 11.8 Å². The van der Waals surface area contributed by atoms with Crippen molar-refractivity contribution in [3.63, 3.8) is 0 Å². The first-order valence-corrected chi connectivity index (χ1v) is 11.1. The number of carbonyl (C=O) groups excluding carboxylic acids is 3. The van der Waals surface area contributed by atoms with E-state index in [4.69, 9.17) is 0 Å². The summed E-state index contributed by atoms with van der Waals surface area (Å²) in [6, 6.07) is 16.6. The predicted molar refractivity (Wildman–Crippen MR) is 118 cm³/mol. The van der Waals surface area contributed by atoms with Crippen LogP contribution in [0.2, 0.25) is 0 Å². The van der Waals surface area contributed by atoms with Gasteiger partial charge in [0.15, 0.2) is 0 Å². The minimum Gasteiger partial charge on any atom is -0.326 e. The van der Waals surface area contributed by atoms with Crippen molar-refractivity contribution in [3.8, 4) is 0 Å². The zero-order chi connectivity index (χ0) is 21.1. The number of urea groups is 1. The molecule has 0 radical (unpaired) electrons. The molecule has 0 bridgehead atoms. The van der Waals surface area contributed by atoms with Crippen molar-refractivity contribution in [2.45, 2.75) is 42.4 Å². The molecule has 4 amide bonds. The summed E-state index contributed by atoms with van der Waals surface area (Å²) in [7, 11) is 0. The number of amides is 4. The first kappa shape index (κ1) is 20.5. The molecule has 0 aliphatic carbocycles. The zero-order valence-electron chi connectivity index (χ0n) is 16.9. The molecule has 1 saturated heterocycles. The number of imide groups is 1. The Morgan fingerprint density at radius 1 is 1.10 bits per heavy atom. The molecule has 2 aromatic carbocycles. The van der Waals surface area contributed by atoms with Crippen LogP contribution in [0.5, 0.6) is 0 Å². The summed E-state index contributed by atoms with van der Waals surface area (Å²) in [6.07, 6.45) is 2.05. The Kier molecular flexibility index (Phi) is 6.08. The average Bonchev–Trinajstić information content (AvgIpc) is 2.91. The van der Waals surface area contributed by atoms with Crippen molar-refractivity contribution in [1.82, 2.24) is 10.2 Å². The highest BCUT2D eigenvalue weighted by atomic mass is 32.2. The van der Waals surface area contributed by atoms with Gasteiger partial charge >= 0.3 is 6.03 Å². The molecule has 156 valence electrons. The van der Waals surface area contributed by atoms with E-state index in [0.29, 0.717) is 24.6 Å². The maximum atomic E-state index is 13.1. The molecular weight excluding hydrogens is 398 g/mol. The van der Waals surface area contributed by atoms with E-state index in [1.807, 2.05) is 54.6 Å². The third-order valence-electron chi connectivity index (χ3n) is 5.51. The highest BCUT2D eigenvalue weighted by molar-refractivity contribution is 8.00. The van der Waals surface area contributed by atoms with Gasteiger partial charge in [-0.3, -0.25) is 14.5 Å². The van der Waals surface area contributed by atoms with Crippen molar-refractivity contribution >= 4 is 35.3 Å². The van der Waals surface area contributed by atoms with E-state index in [9.17, 15) is 14.4 Å². The minimum atomic E-state index is -0.586. The summed E-state index contributed by atoms with van der Waals surface area (Å²) >= 11 is 1.75. The van der Waals surface area contributed by atoms with Gasteiger partial charge in [-0.25, -0.2) is 4.79 Å². The highest BCUT2D eigenvalue weighted by Gasteiger charge is 2.39. The third kappa shape index (κ3) is 4.36. The summed E-state index contributed by atoms with van der Waals surface area (Å²) in [5.41, 5.74) is 1.96.